The van der Waals surface area contributed by atoms with Crippen molar-refractivity contribution in [2.24, 2.45) is 21.5 Å². The summed E-state index contributed by atoms with van der Waals surface area (Å²) in [4.78, 5) is 10.5. The normalized spacial score (nSPS) is 19.6. The van der Waals surface area contributed by atoms with E-state index in [0.29, 0.717) is 11.4 Å². The van der Waals surface area contributed by atoms with E-state index in [2.05, 4.69) is 15.1 Å². The first-order valence-corrected chi connectivity index (χ1v) is 8.38. The molecule has 1 spiro atoms. The minimum Gasteiger partial charge on any atom is -0.369 e. The number of anilines is 1. The second-order valence-corrected chi connectivity index (χ2v) is 6.40. The van der Waals surface area contributed by atoms with Crippen molar-refractivity contribution in [1.29, 1.82) is 0 Å². The minimum atomic E-state index is -0.576. The molecule has 1 aromatic heterocycles. The van der Waals surface area contributed by atoms with E-state index in [4.69, 9.17) is 11.5 Å². The second-order valence-electron chi connectivity index (χ2n) is 6.40. The number of hydrogen-bond acceptors (Lipinski definition) is 6. The van der Waals surface area contributed by atoms with Gasteiger partial charge in [0.05, 0.1) is 0 Å². The minimum absolute atomic E-state index is 0.185. The number of aliphatic imine (C=N–C) groups is 2. The third-order valence-corrected chi connectivity index (χ3v) is 4.79. The fourth-order valence-electron chi connectivity index (χ4n) is 3.73. The number of benzene rings is 1. The van der Waals surface area contributed by atoms with Gasteiger partial charge < -0.3 is 11.5 Å². The lowest BCUT2D eigenvalue weighted by Crippen LogP contribution is -2.58. The third-order valence-electron chi connectivity index (χ3n) is 4.79. The number of nitrogens with two attached hydrogens (primary N) is 2. The van der Waals surface area contributed by atoms with E-state index in [1.54, 1.807) is 24.5 Å². The van der Waals surface area contributed by atoms with Crippen LogP contribution in [0.5, 0.6) is 0 Å². The van der Waals surface area contributed by atoms with Crippen LogP contribution in [0.2, 0.25) is 0 Å². The molecule has 0 bridgehead atoms. The van der Waals surface area contributed by atoms with Gasteiger partial charge in [0.25, 0.3) is 0 Å². The lowest BCUT2D eigenvalue weighted by molar-refractivity contribution is 0.305. The van der Waals surface area contributed by atoms with Crippen LogP contribution in [0.25, 0.3) is 5.69 Å². The predicted octanol–water partition coefficient (Wildman–Crippen LogP) is 2.12. The molecule has 4 rings (SSSR count). The quantitative estimate of drug-likeness (QED) is 0.874. The Bertz CT molecular complexity index is 835. The summed E-state index contributed by atoms with van der Waals surface area (Å²) in [6, 6.07) is 6.70. The highest BCUT2D eigenvalue weighted by atomic mass is 19.1. The molecule has 0 saturated heterocycles. The number of nitrogens with zero attached hydrogens (tertiary/aromatic N) is 5. The molecule has 25 heavy (non-hydrogen) atoms. The monoisotopic (exact) mass is 341 g/mol. The number of halogens is 1. The Morgan fingerprint density at radius 1 is 1.12 bits per heavy atom. The standard InChI is InChI=1S/C17H20FN7/c18-13-11-12(5-6-14(13)24-10-4-9-21-24)25-16(20)22-15(19)23-17(25)7-2-1-3-8-17/h4-6,9-11H,1-3,7-8H2,(H4,19,20,22,23). The summed E-state index contributed by atoms with van der Waals surface area (Å²) in [5.41, 5.74) is 12.4. The van der Waals surface area contributed by atoms with E-state index < -0.39 is 5.66 Å². The Hall–Kier alpha value is -2.90. The van der Waals surface area contributed by atoms with Gasteiger partial charge in [-0.15, -0.1) is 0 Å². The molecule has 7 nitrogen and oxygen atoms in total. The van der Waals surface area contributed by atoms with Crippen molar-refractivity contribution in [2.45, 2.75) is 37.8 Å². The molecule has 1 saturated carbocycles. The van der Waals surface area contributed by atoms with Crippen molar-refractivity contribution in [1.82, 2.24) is 9.78 Å². The number of aromatic nitrogens is 2. The van der Waals surface area contributed by atoms with Gasteiger partial charge in [-0.3, -0.25) is 4.90 Å². The van der Waals surface area contributed by atoms with Gasteiger partial charge >= 0.3 is 0 Å². The molecule has 0 radical (unpaired) electrons. The summed E-state index contributed by atoms with van der Waals surface area (Å²) in [5, 5.41) is 4.07. The molecule has 0 atom stereocenters. The van der Waals surface area contributed by atoms with Crippen LogP contribution in [-0.4, -0.2) is 27.4 Å². The third kappa shape index (κ3) is 2.63. The zero-order valence-electron chi connectivity index (χ0n) is 13.8. The van der Waals surface area contributed by atoms with Crippen molar-refractivity contribution >= 4 is 17.6 Å². The van der Waals surface area contributed by atoms with Gasteiger partial charge in [-0.25, -0.2) is 14.1 Å². The molecule has 130 valence electrons. The maximum absolute atomic E-state index is 14.7. The Morgan fingerprint density at radius 2 is 1.92 bits per heavy atom. The van der Waals surface area contributed by atoms with Crippen molar-refractivity contribution in [3.05, 3.63) is 42.5 Å². The fraction of sp³-hybridized carbons (Fsp3) is 0.353. The van der Waals surface area contributed by atoms with Crippen molar-refractivity contribution in [3.8, 4) is 5.69 Å². The first-order valence-electron chi connectivity index (χ1n) is 8.38. The van der Waals surface area contributed by atoms with E-state index in [0.717, 1.165) is 32.1 Å². The van der Waals surface area contributed by atoms with Crippen LogP contribution in [0.15, 0.2) is 46.6 Å². The van der Waals surface area contributed by atoms with Crippen LogP contribution in [0.3, 0.4) is 0 Å². The molecule has 1 aliphatic carbocycles. The van der Waals surface area contributed by atoms with Crippen molar-refractivity contribution in [2.75, 3.05) is 4.90 Å². The summed E-state index contributed by atoms with van der Waals surface area (Å²) in [6.45, 7) is 0. The SMILES string of the molecule is NC1=NC2(CCCCC2)N(c2ccc(-n3cccn3)c(F)c2)C(N)=N1. The molecular weight excluding hydrogens is 321 g/mol. The first-order chi connectivity index (χ1) is 12.1. The van der Waals surface area contributed by atoms with Crippen LogP contribution >= 0.6 is 0 Å². The smallest absolute Gasteiger partial charge is 0.220 e. The lowest BCUT2D eigenvalue weighted by Gasteiger charge is -2.45. The molecule has 1 aromatic carbocycles. The molecule has 2 aliphatic rings. The van der Waals surface area contributed by atoms with Crippen molar-refractivity contribution in [3.63, 3.8) is 0 Å². The van der Waals surface area contributed by atoms with Gasteiger partial charge in [0.2, 0.25) is 11.9 Å². The Balaban J connectivity index is 1.77. The maximum atomic E-state index is 14.7. The van der Waals surface area contributed by atoms with E-state index >= 15 is 0 Å². The molecule has 0 amide bonds. The lowest BCUT2D eigenvalue weighted by atomic mass is 9.87. The van der Waals surface area contributed by atoms with Gasteiger partial charge in [0.1, 0.15) is 11.4 Å². The van der Waals surface area contributed by atoms with Gasteiger partial charge in [0.15, 0.2) is 5.82 Å². The van der Waals surface area contributed by atoms with Crippen LogP contribution in [-0.2, 0) is 0 Å². The van der Waals surface area contributed by atoms with Crippen molar-refractivity contribution < 1.29 is 4.39 Å². The second kappa shape index (κ2) is 5.87. The average molecular weight is 341 g/mol. The van der Waals surface area contributed by atoms with E-state index in [9.17, 15) is 4.39 Å². The van der Waals surface area contributed by atoms with Crippen LogP contribution in [0.1, 0.15) is 32.1 Å². The van der Waals surface area contributed by atoms with Gasteiger partial charge in [0, 0.05) is 18.1 Å². The van der Waals surface area contributed by atoms with Gasteiger partial charge in [-0.05, 0) is 49.9 Å². The molecule has 2 heterocycles. The Morgan fingerprint density at radius 3 is 2.60 bits per heavy atom. The predicted molar refractivity (Wildman–Crippen MR) is 95.1 cm³/mol. The topological polar surface area (TPSA) is 97.8 Å². The van der Waals surface area contributed by atoms with Gasteiger partial charge in [-0.2, -0.15) is 10.1 Å². The largest absolute Gasteiger partial charge is 0.369 e. The van der Waals surface area contributed by atoms with Crippen LogP contribution < -0.4 is 16.4 Å². The number of rotatable bonds is 2. The summed E-state index contributed by atoms with van der Waals surface area (Å²) in [5.74, 6) is 0.0485. The van der Waals surface area contributed by atoms with E-state index in [1.807, 2.05) is 11.0 Å². The molecule has 1 fully saturated rings. The van der Waals surface area contributed by atoms with E-state index in [1.165, 1.54) is 10.7 Å². The highest BCUT2D eigenvalue weighted by Crippen LogP contribution is 2.39. The maximum Gasteiger partial charge on any atom is 0.220 e. The molecule has 0 unspecified atom stereocenters. The molecule has 8 heteroatoms. The first kappa shape index (κ1) is 15.6. The number of hydrogen-bond donors (Lipinski definition) is 2. The zero-order valence-corrected chi connectivity index (χ0v) is 13.8. The molecule has 1 aliphatic heterocycles. The van der Waals surface area contributed by atoms with Gasteiger partial charge in [-0.1, -0.05) is 6.42 Å². The van der Waals surface area contributed by atoms with E-state index in [-0.39, 0.29) is 17.7 Å². The molecule has 2 aromatic rings. The zero-order chi connectivity index (χ0) is 17.4. The summed E-state index contributed by atoms with van der Waals surface area (Å²) in [7, 11) is 0. The van der Waals surface area contributed by atoms with Crippen LogP contribution in [0, 0.1) is 5.82 Å². The summed E-state index contributed by atoms with van der Waals surface area (Å²) < 4.78 is 16.2. The Labute approximate surface area is 144 Å². The molecule has 4 N–H and O–H groups in total. The molecular formula is C17H20FN7. The summed E-state index contributed by atoms with van der Waals surface area (Å²) in [6.07, 6.45) is 8.12. The van der Waals surface area contributed by atoms with Crippen LogP contribution in [0.4, 0.5) is 10.1 Å². The summed E-state index contributed by atoms with van der Waals surface area (Å²) >= 11 is 0. The Kier molecular flexibility index (Phi) is 3.67. The highest BCUT2D eigenvalue weighted by molar-refractivity contribution is 6.05. The average Bonchev–Trinajstić information content (AvgIpc) is 3.09. The fourth-order valence-corrected chi connectivity index (χ4v) is 3.73. The highest BCUT2D eigenvalue weighted by Gasteiger charge is 2.42. The number of guanidine groups is 2.